The number of nitrogens with zero attached hydrogens (tertiary/aromatic N) is 2. The van der Waals surface area contributed by atoms with Gasteiger partial charge in [0.25, 0.3) is 0 Å². The lowest BCUT2D eigenvalue weighted by molar-refractivity contribution is 0.111. The topological polar surface area (TPSA) is 174 Å². The van der Waals surface area contributed by atoms with E-state index in [1.165, 1.54) is 0 Å². The van der Waals surface area contributed by atoms with E-state index < -0.39 is 0 Å². The number of aromatic amines is 2. The van der Waals surface area contributed by atoms with Crippen molar-refractivity contribution in [3.63, 3.8) is 0 Å². The van der Waals surface area contributed by atoms with E-state index in [2.05, 4.69) is 19.9 Å². The molecular weight excluding hydrogens is 332 g/mol. The zero-order valence-corrected chi connectivity index (χ0v) is 13.6. The van der Waals surface area contributed by atoms with E-state index in [1.54, 1.807) is 30.6 Å². The maximum absolute atomic E-state index is 10.4. The van der Waals surface area contributed by atoms with Crippen LogP contribution in [0.15, 0.2) is 42.7 Å². The van der Waals surface area contributed by atoms with Gasteiger partial charge in [-0.2, -0.15) is 0 Å². The van der Waals surface area contributed by atoms with Crippen LogP contribution < -0.4 is 11.5 Å². The number of hydrogen-bond acceptors (Lipinski definition) is 5. The van der Waals surface area contributed by atoms with Crippen LogP contribution in [0, 0.1) is 10.8 Å². The predicted octanol–water partition coefficient (Wildman–Crippen LogP) is 1.51. The molecule has 4 rings (SSSR count). The molecule has 2 heterocycles. The Morgan fingerprint density at radius 3 is 2.19 bits per heavy atom. The first-order valence-electron chi connectivity index (χ1n) is 7.55. The van der Waals surface area contributed by atoms with Crippen molar-refractivity contribution < 1.29 is 4.79 Å². The molecule has 9 nitrogen and oxygen atoms in total. The Morgan fingerprint density at radius 1 is 0.962 bits per heavy atom. The summed E-state index contributed by atoms with van der Waals surface area (Å²) in [7, 11) is 0. The number of rotatable bonds is 3. The fourth-order valence-electron chi connectivity index (χ4n) is 2.36. The zero-order chi connectivity index (χ0) is 18.7. The van der Waals surface area contributed by atoms with Crippen molar-refractivity contribution in [2.45, 2.75) is 0 Å². The molecule has 0 unspecified atom stereocenters. The van der Waals surface area contributed by atoms with Gasteiger partial charge >= 0.3 is 0 Å². The van der Waals surface area contributed by atoms with Crippen molar-refractivity contribution in [2.75, 3.05) is 0 Å². The van der Waals surface area contributed by atoms with Gasteiger partial charge in [-0.25, -0.2) is 9.97 Å². The molecule has 0 amide bonds. The van der Waals surface area contributed by atoms with Crippen molar-refractivity contribution in [3.05, 3.63) is 59.7 Å². The molecule has 0 saturated carbocycles. The van der Waals surface area contributed by atoms with Gasteiger partial charge in [0.2, 0.25) is 0 Å². The Kier molecular flexibility index (Phi) is 4.44. The highest BCUT2D eigenvalue weighted by molar-refractivity contribution is 5.98. The molecule has 8 N–H and O–H groups in total. The van der Waals surface area contributed by atoms with Crippen molar-refractivity contribution in [1.29, 1.82) is 10.8 Å². The molecule has 0 atom stereocenters. The predicted molar refractivity (Wildman–Crippen MR) is 99.6 cm³/mol. The third-order valence-electron chi connectivity index (χ3n) is 3.65. The lowest BCUT2D eigenvalue weighted by atomic mass is 10.2. The molecule has 26 heavy (non-hydrogen) atoms. The van der Waals surface area contributed by atoms with Gasteiger partial charge in [0, 0.05) is 11.1 Å². The average molecular weight is 348 g/mol. The van der Waals surface area contributed by atoms with E-state index in [1.807, 2.05) is 12.1 Å². The minimum atomic E-state index is -0.00541. The molecule has 0 bridgehead atoms. The van der Waals surface area contributed by atoms with Crippen molar-refractivity contribution >= 4 is 40.0 Å². The summed E-state index contributed by atoms with van der Waals surface area (Å²) in [4.78, 5) is 24.2. The van der Waals surface area contributed by atoms with Crippen molar-refractivity contribution in [1.82, 2.24) is 19.9 Å². The number of fused-ring (bicyclic) bond motifs is 2. The first kappa shape index (κ1) is 16.8. The summed E-state index contributed by atoms with van der Waals surface area (Å²) >= 11 is 0. The normalized spacial score (nSPS) is 10.3. The average Bonchev–Trinajstić information content (AvgIpc) is 3.26. The van der Waals surface area contributed by atoms with Crippen LogP contribution in [0.25, 0.3) is 22.1 Å². The summed E-state index contributed by atoms with van der Waals surface area (Å²) in [5, 5.41) is 14.4. The molecular formula is C17H16N8O. The number of carbonyl (C=O) groups is 1. The van der Waals surface area contributed by atoms with E-state index in [0.29, 0.717) is 28.4 Å². The van der Waals surface area contributed by atoms with Crippen LogP contribution in [0.1, 0.15) is 21.7 Å². The number of imidazole rings is 2. The molecule has 0 spiro atoms. The maximum atomic E-state index is 10.4. The Hall–Kier alpha value is -4.01. The fourth-order valence-corrected chi connectivity index (χ4v) is 2.36. The first-order valence-corrected chi connectivity index (χ1v) is 7.55. The number of amidine groups is 2. The Balaban J connectivity index is 0.000000152. The SMILES string of the molecule is N=C(N)c1ccc2nc(C=O)[nH]c2c1.N=C(N)c1ccc2nc[nH]c2c1. The Morgan fingerprint density at radius 2 is 1.58 bits per heavy atom. The third-order valence-corrected chi connectivity index (χ3v) is 3.65. The minimum Gasteiger partial charge on any atom is -0.384 e. The number of H-pyrrole nitrogens is 2. The van der Waals surface area contributed by atoms with Crippen LogP contribution in [-0.4, -0.2) is 37.9 Å². The smallest absolute Gasteiger partial charge is 0.185 e. The number of aldehydes is 1. The van der Waals surface area contributed by atoms with E-state index in [-0.39, 0.29) is 17.5 Å². The highest BCUT2D eigenvalue weighted by Crippen LogP contribution is 2.13. The van der Waals surface area contributed by atoms with E-state index in [9.17, 15) is 4.79 Å². The summed E-state index contributed by atoms with van der Waals surface area (Å²) in [6.45, 7) is 0. The molecule has 2 aromatic heterocycles. The molecule has 0 aliphatic rings. The zero-order valence-electron chi connectivity index (χ0n) is 13.6. The van der Waals surface area contributed by atoms with Gasteiger partial charge in [0.05, 0.1) is 28.4 Å². The number of nitrogens with two attached hydrogens (primary N) is 2. The number of hydrogen-bond donors (Lipinski definition) is 6. The van der Waals surface area contributed by atoms with Gasteiger partial charge in [-0.05, 0) is 36.4 Å². The second-order valence-corrected chi connectivity index (χ2v) is 5.43. The highest BCUT2D eigenvalue weighted by atomic mass is 16.1. The second kappa shape index (κ2) is 6.85. The van der Waals surface area contributed by atoms with Crippen LogP contribution in [0.2, 0.25) is 0 Å². The van der Waals surface area contributed by atoms with Gasteiger partial charge in [-0.3, -0.25) is 15.6 Å². The van der Waals surface area contributed by atoms with Crippen LogP contribution >= 0.6 is 0 Å². The van der Waals surface area contributed by atoms with E-state index in [4.69, 9.17) is 22.3 Å². The Bertz CT molecular complexity index is 1120. The number of carbonyl (C=O) groups excluding carboxylic acids is 1. The maximum Gasteiger partial charge on any atom is 0.185 e. The summed E-state index contributed by atoms with van der Waals surface area (Å²) in [5.74, 6) is 0.348. The van der Waals surface area contributed by atoms with Gasteiger partial charge in [-0.1, -0.05) is 0 Å². The standard InChI is InChI=1S/C9H8N4O.C8H8N4/c10-9(11)5-1-2-6-7(3-5)13-8(4-14)12-6;9-8(10)5-1-2-6-7(3-5)12-4-11-6/h1-4H,(H3,10,11)(H,12,13);1-4H,(H3,9,10)(H,11,12). The quantitative estimate of drug-likeness (QED) is 0.186. The largest absolute Gasteiger partial charge is 0.384 e. The molecule has 2 aromatic carbocycles. The van der Waals surface area contributed by atoms with Gasteiger partial charge in [-0.15, -0.1) is 0 Å². The monoisotopic (exact) mass is 348 g/mol. The summed E-state index contributed by atoms with van der Waals surface area (Å²) in [5.41, 5.74) is 15.2. The summed E-state index contributed by atoms with van der Waals surface area (Å²) in [6.07, 6.45) is 2.27. The van der Waals surface area contributed by atoms with Crippen molar-refractivity contribution in [3.8, 4) is 0 Å². The second-order valence-electron chi connectivity index (χ2n) is 5.43. The van der Waals surface area contributed by atoms with E-state index in [0.717, 1.165) is 11.0 Å². The summed E-state index contributed by atoms with van der Waals surface area (Å²) in [6, 6.07) is 10.5. The number of aromatic nitrogens is 4. The fraction of sp³-hybridized carbons (Fsp3) is 0. The van der Waals surface area contributed by atoms with Gasteiger partial charge < -0.3 is 21.4 Å². The first-order chi connectivity index (χ1) is 12.5. The number of nitrogens with one attached hydrogen (secondary N) is 4. The van der Waals surface area contributed by atoms with E-state index >= 15 is 0 Å². The van der Waals surface area contributed by atoms with Crippen LogP contribution in [-0.2, 0) is 0 Å². The van der Waals surface area contributed by atoms with Crippen molar-refractivity contribution in [2.24, 2.45) is 11.5 Å². The number of benzene rings is 2. The molecule has 4 aromatic rings. The molecule has 0 saturated heterocycles. The molecule has 0 aliphatic carbocycles. The lowest BCUT2D eigenvalue weighted by Crippen LogP contribution is -2.10. The molecule has 130 valence electrons. The minimum absolute atomic E-state index is 0.00541. The van der Waals surface area contributed by atoms with Crippen LogP contribution in [0.3, 0.4) is 0 Å². The third kappa shape index (κ3) is 3.41. The van der Waals surface area contributed by atoms with Gasteiger partial charge in [0.15, 0.2) is 12.1 Å². The molecule has 0 radical (unpaired) electrons. The molecule has 9 heteroatoms. The van der Waals surface area contributed by atoms with Crippen LogP contribution in [0.5, 0.6) is 0 Å². The Labute approximate surface area is 147 Å². The molecule has 0 aliphatic heterocycles. The number of nitrogen functional groups attached to an aromatic ring is 2. The van der Waals surface area contributed by atoms with Gasteiger partial charge in [0.1, 0.15) is 11.7 Å². The van der Waals surface area contributed by atoms with Crippen LogP contribution in [0.4, 0.5) is 0 Å². The summed E-state index contributed by atoms with van der Waals surface area (Å²) < 4.78 is 0. The highest BCUT2D eigenvalue weighted by Gasteiger charge is 2.03. The molecule has 0 fully saturated rings. The lowest BCUT2D eigenvalue weighted by Gasteiger charge is -1.96.